The zero-order valence-electron chi connectivity index (χ0n) is 15.1. The number of carbonyl (C=O) groups excluding carboxylic acids is 1. The summed E-state index contributed by atoms with van der Waals surface area (Å²) in [5.41, 5.74) is 7.15. The molecular weight excluding hydrogens is 336 g/mol. The van der Waals surface area contributed by atoms with Gasteiger partial charge in [0.25, 0.3) is 5.91 Å². The van der Waals surface area contributed by atoms with Crippen LogP contribution in [0.25, 0.3) is 16.8 Å². The largest absolute Gasteiger partial charge is 0.322 e. The van der Waals surface area contributed by atoms with Crippen LogP contribution in [-0.2, 0) is 0 Å². The number of carbonyl (C=O) groups is 1. The van der Waals surface area contributed by atoms with Gasteiger partial charge < -0.3 is 5.32 Å². The van der Waals surface area contributed by atoms with Crippen molar-refractivity contribution in [1.82, 2.24) is 5.48 Å². The fraction of sp³-hybridized carbons (Fsp3) is 0.0870. The number of anilines is 1. The fourth-order valence-corrected chi connectivity index (χ4v) is 2.84. The molecule has 0 aromatic heterocycles. The summed E-state index contributed by atoms with van der Waals surface area (Å²) < 4.78 is 0. The predicted octanol–water partition coefficient (Wildman–Crippen LogP) is 5.34. The van der Waals surface area contributed by atoms with Gasteiger partial charge >= 0.3 is 0 Å². The maximum Gasteiger partial charge on any atom is 0.255 e. The lowest BCUT2D eigenvalue weighted by Gasteiger charge is -2.09. The molecule has 3 N–H and O–H groups in total. The molecule has 0 saturated carbocycles. The molecule has 0 saturated heterocycles. The Kier molecular flexibility index (Phi) is 6.02. The third-order valence-corrected chi connectivity index (χ3v) is 4.21. The Morgan fingerprint density at radius 3 is 2.30 bits per heavy atom. The molecule has 3 aromatic rings. The van der Waals surface area contributed by atoms with E-state index in [2.05, 4.69) is 10.8 Å². The average Bonchev–Trinajstić information content (AvgIpc) is 2.73. The molecule has 0 radical (unpaired) electrons. The predicted molar refractivity (Wildman–Crippen MR) is 109 cm³/mol. The van der Waals surface area contributed by atoms with Crippen molar-refractivity contribution in [1.29, 1.82) is 0 Å². The molecule has 136 valence electrons. The summed E-state index contributed by atoms with van der Waals surface area (Å²) in [5, 5.41) is 12.2. The van der Waals surface area contributed by atoms with Crippen LogP contribution in [0.1, 0.15) is 29.3 Å². The second-order valence-electron chi connectivity index (χ2n) is 6.12. The minimum absolute atomic E-state index is 0.141. The monoisotopic (exact) mass is 358 g/mol. The summed E-state index contributed by atoms with van der Waals surface area (Å²) in [6.45, 7) is 2.01. The van der Waals surface area contributed by atoms with Crippen molar-refractivity contribution < 1.29 is 10.0 Å². The number of nitrogens with one attached hydrogen (secondary N) is 2. The van der Waals surface area contributed by atoms with Crippen LogP contribution in [0.2, 0.25) is 0 Å². The summed E-state index contributed by atoms with van der Waals surface area (Å²) in [7, 11) is 0. The van der Waals surface area contributed by atoms with E-state index in [0.29, 0.717) is 11.3 Å². The van der Waals surface area contributed by atoms with E-state index in [9.17, 15) is 10.0 Å². The van der Waals surface area contributed by atoms with Gasteiger partial charge in [0.15, 0.2) is 0 Å². The van der Waals surface area contributed by atoms with Crippen LogP contribution in [0.4, 0.5) is 5.69 Å². The molecule has 4 heteroatoms. The normalized spacial score (nSPS) is 11.1. The number of para-hydroxylation sites is 1. The Morgan fingerprint density at radius 1 is 0.889 bits per heavy atom. The minimum atomic E-state index is -0.141. The molecule has 1 amide bonds. The quantitative estimate of drug-likeness (QED) is 0.522. The molecule has 0 heterocycles. The Balaban J connectivity index is 1.81. The highest BCUT2D eigenvalue weighted by atomic mass is 16.5. The number of hydrogen-bond acceptors (Lipinski definition) is 3. The van der Waals surface area contributed by atoms with Crippen LogP contribution < -0.4 is 10.8 Å². The molecule has 0 spiro atoms. The number of hydroxylamine groups is 1. The van der Waals surface area contributed by atoms with Crippen molar-refractivity contribution in [2.75, 3.05) is 5.32 Å². The van der Waals surface area contributed by atoms with Gasteiger partial charge in [0.2, 0.25) is 0 Å². The van der Waals surface area contributed by atoms with Gasteiger partial charge in [-0.1, -0.05) is 67.6 Å². The first kappa shape index (κ1) is 18.4. The Morgan fingerprint density at radius 2 is 1.63 bits per heavy atom. The maximum absolute atomic E-state index is 12.5. The van der Waals surface area contributed by atoms with Gasteiger partial charge in [-0.15, -0.1) is 0 Å². The summed E-state index contributed by atoms with van der Waals surface area (Å²) in [4.78, 5) is 12.5. The summed E-state index contributed by atoms with van der Waals surface area (Å²) in [5.74, 6) is -0.141. The molecule has 0 aliphatic heterocycles. The summed E-state index contributed by atoms with van der Waals surface area (Å²) in [6, 6.07) is 24.8. The first-order valence-electron chi connectivity index (χ1n) is 8.89. The molecule has 3 aromatic carbocycles. The number of amides is 1. The summed E-state index contributed by atoms with van der Waals surface area (Å²) >= 11 is 0. The van der Waals surface area contributed by atoms with Gasteiger partial charge in [0, 0.05) is 11.3 Å². The second kappa shape index (κ2) is 8.83. The van der Waals surface area contributed by atoms with Crippen LogP contribution in [0.3, 0.4) is 0 Å². The smallest absolute Gasteiger partial charge is 0.255 e. The highest BCUT2D eigenvalue weighted by Gasteiger charge is 2.08. The average molecular weight is 358 g/mol. The number of hydrogen-bond donors (Lipinski definition) is 3. The Bertz CT molecular complexity index is 932. The lowest BCUT2D eigenvalue weighted by Crippen LogP contribution is -2.11. The minimum Gasteiger partial charge on any atom is -0.322 e. The van der Waals surface area contributed by atoms with Gasteiger partial charge in [-0.05, 0) is 47.4 Å². The molecule has 0 fully saturated rings. The van der Waals surface area contributed by atoms with E-state index in [0.717, 1.165) is 28.8 Å². The summed E-state index contributed by atoms with van der Waals surface area (Å²) in [6.07, 6.45) is 2.74. The first-order valence-corrected chi connectivity index (χ1v) is 8.89. The van der Waals surface area contributed by atoms with Crippen LogP contribution in [-0.4, -0.2) is 11.1 Å². The van der Waals surface area contributed by atoms with Crippen molar-refractivity contribution in [2.45, 2.75) is 13.3 Å². The Hall–Kier alpha value is -3.37. The topological polar surface area (TPSA) is 61.4 Å². The van der Waals surface area contributed by atoms with E-state index < -0.39 is 0 Å². The number of rotatable bonds is 6. The molecule has 27 heavy (non-hydrogen) atoms. The molecule has 0 aliphatic rings. The Labute approximate surface area is 159 Å². The third kappa shape index (κ3) is 4.63. The van der Waals surface area contributed by atoms with Gasteiger partial charge in [0.1, 0.15) is 0 Å². The first-order chi connectivity index (χ1) is 13.2. The third-order valence-electron chi connectivity index (χ3n) is 4.21. The van der Waals surface area contributed by atoms with Crippen molar-refractivity contribution in [2.24, 2.45) is 0 Å². The standard InChI is InChI=1S/C23H22N2O2/c1-2-7-22(25-27)18-14-12-17(13-15-18)19-8-6-9-20(16-19)23(26)24-21-10-4-3-5-11-21/h3-16,25,27H,2H2,1H3,(H,24,26)/b22-7+. The van der Waals surface area contributed by atoms with E-state index in [-0.39, 0.29) is 5.91 Å². The molecule has 3 rings (SSSR count). The van der Waals surface area contributed by atoms with Crippen molar-refractivity contribution in [3.05, 3.63) is 96.1 Å². The second-order valence-corrected chi connectivity index (χ2v) is 6.12. The molecule has 0 bridgehead atoms. The highest BCUT2D eigenvalue weighted by Crippen LogP contribution is 2.23. The zero-order valence-corrected chi connectivity index (χ0v) is 15.1. The van der Waals surface area contributed by atoms with Crippen LogP contribution >= 0.6 is 0 Å². The van der Waals surface area contributed by atoms with Gasteiger partial charge in [-0.25, -0.2) is 0 Å². The lowest BCUT2D eigenvalue weighted by atomic mass is 10.0. The molecule has 0 unspecified atom stereocenters. The molecular formula is C23H22N2O2. The van der Waals surface area contributed by atoms with E-state index >= 15 is 0 Å². The van der Waals surface area contributed by atoms with E-state index in [1.165, 1.54) is 0 Å². The van der Waals surface area contributed by atoms with Gasteiger partial charge in [-0.3, -0.25) is 15.5 Å². The van der Waals surface area contributed by atoms with Crippen LogP contribution in [0.15, 0.2) is 84.9 Å². The highest BCUT2D eigenvalue weighted by molar-refractivity contribution is 6.04. The maximum atomic E-state index is 12.5. The van der Waals surface area contributed by atoms with Crippen molar-refractivity contribution >= 4 is 17.3 Å². The van der Waals surface area contributed by atoms with E-state index in [4.69, 9.17) is 0 Å². The SMILES string of the molecule is CC/C=C(/NO)c1ccc(-c2cccc(C(=O)Nc3ccccc3)c2)cc1. The van der Waals surface area contributed by atoms with Crippen LogP contribution in [0.5, 0.6) is 0 Å². The molecule has 0 aliphatic carbocycles. The molecule has 0 atom stereocenters. The molecule has 4 nitrogen and oxygen atoms in total. The van der Waals surface area contributed by atoms with Gasteiger partial charge in [0.05, 0.1) is 5.70 Å². The fourth-order valence-electron chi connectivity index (χ4n) is 2.84. The lowest BCUT2D eigenvalue weighted by molar-refractivity contribution is 0.102. The number of allylic oxidation sites excluding steroid dienone is 1. The van der Waals surface area contributed by atoms with Crippen molar-refractivity contribution in [3.8, 4) is 11.1 Å². The van der Waals surface area contributed by atoms with Crippen LogP contribution in [0, 0.1) is 0 Å². The van der Waals surface area contributed by atoms with Crippen molar-refractivity contribution in [3.63, 3.8) is 0 Å². The zero-order chi connectivity index (χ0) is 19.1. The van der Waals surface area contributed by atoms with E-state index in [1.807, 2.05) is 85.8 Å². The number of benzene rings is 3. The van der Waals surface area contributed by atoms with Gasteiger partial charge in [-0.2, -0.15) is 0 Å². The van der Waals surface area contributed by atoms with E-state index in [1.54, 1.807) is 6.07 Å².